The number of aryl methyl sites for hydroxylation is 2. The first-order valence-electron chi connectivity index (χ1n) is 9.08. The molecule has 0 aromatic heterocycles. The van der Waals surface area contributed by atoms with Gasteiger partial charge >= 0.3 is 0 Å². The van der Waals surface area contributed by atoms with E-state index in [1.54, 1.807) is 6.07 Å². The summed E-state index contributed by atoms with van der Waals surface area (Å²) in [5.41, 5.74) is 9.10. The minimum Gasteiger partial charge on any atom is -0.457 e. The molecule has 1 aliphatic heterocycles. The number of benzene rings is 3. The quantitative estimate of drug-likeness (QED) is 0.668. The van der Waals surface area contributed by atoms with E-state index in [2.05, 4.69) is 10.9 Å². The van der Waals surface area contributed by atoms with Gasteiger partial charge in [-0.2, -0.15) is 0 Å². The van der Waals surface area contributed by atoms with Crippen molar-refractivity contribution in [2.24, 2.45) is 0 Å². The number of carbonyl (C=O) groups excluding carboxylic acids is 2. The third-order valence-electron chi connectivity index (χ3n) is 4.87. The van der Waals surface area contributed by atoms with Crippen LogP contribution < -0.4 is 15.6 Å². The fourth-order valence-corrected chi connectivity index (χ4v) is 3.52. The van der Waals surface area contributed by atoms with Crippen molar-refractivity contribution in [3.05, 3.63) is 94.5 Å². The van der Waals surface area contributed by atoms with Gasteiger partial charge in [0.05, 0.1) is 5.92 Å². The van der Waals surface area contributed by atoms with Crippen molar-refractivity contribution in [1.82, 2.24) is 10.9 Å². The zero-order chi connectivity index (χ0) is 19.7. The van der Waals surface area contributed by atoms with Crippen molar-refractivity contribution in [3.8, 4) is 11.5 Å². The standard InChI is InChI=1S/C23H20N2O3/c1-14-11-12-16(15(2)13-14)22(26)24-25-23(27)21-17-7-3-5-9-19(17)28-20-10-6-4-8-18(20)21/h3-13,21H,1-2H3,(H,24,26)(H,25,27). The summed E-state index contributed by atoms with van der Waals surface area (Å²) in [6, 6.07) is 20.4. The topological polar surface area (TPSA) is 67.4 Å². The monoisotopic (exact) mass is 372 g/mol. The van der Waals surface area contributed by atoms with Crippen LogP contribution in [-0.2, 0) is 4.79 Å². The summed E-state index contributed by atoms with van der Waals surface area (Å²) in [7, 11) is 0. The van der Waals surface area contributed by atoms with Gasteiger partial charge in [0.15, 0.2) is 0 Å². The Bertz CT molecular complexity index is 1030. The predicted octanol–water partition coefficient (Wildman–Crippen LogP) is 4.00. The molecule has 0 unspecified atom stereocenters. The second-order valence-corrected chi connectivity index (χ2v) is 6.87. The van der Waals surface area contributed by atoms with E-state index >= 15 is 0 Å². The Morgan fingerprint density at radius 1 is 0.821 bits per heavy atom. The van der Waals surface area contributed by atoms with E-state index in [0.717, 1.165) is 22.3 Å². The molecule has 4 rings (SSSR count). The maximum Gasteiger partial charge on any atom is 0.269 e. The third kappa shape index (κ3) is 3.22. The predicted molar refractivity (Wildman–Crippen MR) is 106 cm³/mol. The van der Waals surface area contributed by atoms with Crippen molar-refractivity contribution >= 4 is 11.8 Å². The van der Waals surface area contributed by atoms with E-state index < -0.39 is 5.92 Å². The first-order valence-corrected chi connectivity index (χ1v) is 9.08. The number of hydrogen-bond donors (Lipinski definition) is 2. The largest absolute Gasteiger partial charge is 0.457 e. The van der Waals surface area contributed by atoms with Crippen LogP contribution in [0, 0.1) is 13.8 Å². The molecule has 5 nitrogen and oxygen atoms in total. The minimum absolute atomic E-state index is 0.318. The molecule has 0 fully saturated rings. The lowest BCUT2D eigenvalue weighted by molar-refractivity contribution is -0.122. The Kier molecular flexibility index (Phi) is 4.57. The zero-order valence-corrected chi connectivity index (χ0v) is 15.7. The zero-order valence-electron chi connectivity index (χ0n) is 15.7. The summed E-state index contributed by atoms with van der Waals surface area (Å²) in [5.74, 6) is 0.0467. The van der Waals surface area contributed by atoms with Gasteiger partial charge in [-0.05, 0) is 37.6 Å². The van der Waals surface area contributed by atoms with Crippen molar-refractivity contribution in [2.45, 2.75) is 19.8 Å². The van der Waals surface area contributed by atoms with Gasteiger partial charge in [-0.25, -0.2) is 0 Å². The number of hydrazine groups is 1. The van der Waals surface area contributed by atoms with E-state index in [4.69, 9.17) is 4.74 Å². The summed E-state index contributed by atoms with van der Waals surface area (Å²) in [6.07, 6.45) is 0. The lowest BCUT2D eigenvalue weighted by atomic mass is 9.87. The summed E-state index contributed by atoms with van der Waals surface area (Å²) in [6.45, 7) is 3.84. The number of carbonyl (C=O) groups is 2. The molecular formula is C23H20N2O3. The van der Waals surface area contributed by atoms with Crippen LogP contribution in [0.5, 0.6) is 11.5 Å². The molecule has 3 aromatic carbocycles. The highest BCUT2D eigenvalue weighted by Gasteiger charge is 2.32. The Balaban J connectivity index is 1.58. The minimum atomic E-state index is -0.569. The first kappa shape index (κ1) is 17.8. The molecule has 2 N–H and O–H groups in total. The lowest BCUT2D eigenvalue weighted by Crippen LogP contribution is -2.44. The van der Waals surface area contributed by atoms with Crippen molar-refractivity contribution in [3.63, 3.8) is 0 Å². The number of ether oxygens (including phenoxy) is 1. The number of rotatable bonds is 2. The molecule has 1 aliphatic rings. The number of para-hydroxylation sites is 2. The number of nitrogens with one attached hydrogen (secondary N) is 2. The van der Waals surface area contributed by atoms with Crippen LogP contribution in [0.1, 0.15) is 38.5 Å². The molecule has 0 bridgehead atoms. The van der Waals surface area contributed by atoms with Crippen molar-refractivity contribution in [1.29, 1.82) is 0 Å². The molecule has 140 valence electrons. The van der Waals surface area contributed by atoms with Gasteiger partial charge in [0.1, 0.15) is 11.5 Å². The molecule has 1 heterocycles. The van der Waals surface area contributed by atoms with Gasteiger partial charge < -0.3 is 4.74 Å². The Hall–Kier alpha value is -3.60. The lowest BCUT2D eigenvalue weighted by Gasteiger charge is -2.27. The first-order chi connectivity index (χ1) is 13.5. The van der Waals surface area contributed by atoms with E-state index in [1.807, 2.05) is 74.5 Å². The molecule has 3 aromatic rings. The molecule has 0 aliphatic carbocycles. The molecule has 28 heavy (non-hydrogen) atoms. The number of fused-ring (bicyclic) bond motifs is 2. The fourth-order valence-electron chi connectivity index (χ4n) is 3.52. The van der Waals surface area contributed by atoms with Gasteiger partial charge in [-0.15, -0.1) is 0 Å². The smallest absolute Gasteiger partial charge is 0.269 e. The fraction of sp³-hybridized carbons (Fsp3) is 0.130. The van der Waals surface area contributed by atoms with Crippen molar-refractivity contribution < 1.29 is 14.3 Å². The van der Waals surface area contributed by atoms with Crippen LogP contribution >= 0.6 is 0 Å². The van der Waals surface area contributed by atoms with Gasteiger partial charge in [0.2, 0.25) is 0 Å². The molecular weight excluding hydrogens is 352 g/mol. The molecule has 0 radical (unpaired) electrons. The van der Waals surface area contributed by atoms with Crippen molar-refractivity contribution in [2.75, 3.05) is 0 Å². The van der Waals surface area contributed by atoms with Crippen LogP contribution in [0.4, 0.5) is 0 Å². The highest BCUT2D eigenvalue weighted by molar-refractivity contribution is 5.98. The summed E-state index contributed by atoms with van der Waals surface area (Å²) < 4.78 is 5.91. The Morgan fingerprint density at radius 3 is 2.04 bits per heavy atom. The van der Waals surface area contributed by atoms with Gasteiger partial charge in [0, 0.05) is 16.7 Å². The Labute approximate surface area is 163 Å². The van der Waals surface area contributed by atoms with E-state index in [0.29, 0.717) is 17.1 Å². The average Bonchev–Trinajstić information content (AvgIpc) is 2.70. The molecule has 0 saturated carbocycles. The highest BCUT2D eigenvalue weighted by Crippen LogP contribution is 2.43. The molecule has 5 heteroatoms. The normalized spacial score (nSPS) is 12.4. The van der Waals surface area contributed by atoms with Crippen LogP contribution in [0.2, 0.25) is 0 Å². The number of amides is 2. The maximum absolute atomic E-state index is 13.0. The molecule has 0 atom stereocenters. The third-order valence-corrected chi connectivity index (χ3v) is 4.87. The molecule has 0 saturated heterocycles. The van der Waals surface area contributed by atoms with Crippen LogP contribution in [0.25, 0.3) is 0 Å². The SMILES string of the molecule is Cc1ccc(C(=O)NNC(=O)C2c3ccccc3Oc3ccccc32)c(C)c1. The summed E-state index contributed by atoms with van der Waals surface area (Å²) in [4.78, 5) is 25.5. The number of hydrogen-bond acceptors (Lipinski definition) is 3. The van der Waals surface area contributed by atoms with Crippen LogP contribution in [0.3, 0.4) is 0 Å². The van der Waals surface area contributed by atoms with Crippen LogP contribution in [0.15, 0.2) is 66.7 Å². The van der Waals surface area contributed by atoms with E-state index in [-0.39, 0.29) is 11.8 Å². The molecule has 2 amide bonds. The van der Waals surface area contributed by atoms with E-state index in [1.165, 1.54) is 0 Å². The summed E-state index contributed by atoms with van der Waals surface area (Å²) >= 11 is 0. The van der Waals surface area contributed by atoms with E-state index in [9.17, 15) is 9.59 Å². The molecule has 0 spiro atoms. The van der Waals surface area contributed by atoms with Crippen LogP contribution in [-0.4, -0.2) is 11.8 Å². The van der Waals surface area contributed by atoms with Gasteiger partial charge in [0.25, 0.3) is 11.8 Å². The van der Waals surface area contributed by atoms with Gasteiger partial charge in [-0.3, -0.25) is 20.4 Å². The van der Waals surface area contributed by atoms with Gasteiger partial charge in [-0.1, -0.05) is 54.1 Å². The Morgan fingerprint density at radius 2 is 1.43 bits per heavy atom. The maximum atomic E-state index is 13.0. The highest BCUT2D eigenvalue weighted by atomic mass is 16.5. The second kappa shape index (κ2) is 7.19. The average molecular weight is 372 g/mol. The summed E-state index contributed by atoms with van der Waals surface area (Å²) in [5, 5.41) is 0. The second-order valence-electron chi connectivity index (χ2n) is 6.87.